The van der Waals surface area contributed by atoms with Crippen molar-refractivity contribution >= 4 is 36.1 Å². The van der Waals surface area contributed by atoms with Crippen molar-refractivity contribution < 1.29 is 47.7 Å². The summed E-state index contributed by atoms with van der Waals surface area (Å²) >= 11 is 0. The Morgan fingerprint density at radius 2 is 1.35 bits per heavy atom. The second kappa shape index (κ2) is 12.8. The first-order valence-corrected chi connectivity index (χ1v) is 11.5. The molecule has 0 saturated heterocycles. The van der Waals surface area contributed by atoms with Crippen LogP contribution < -0.4 is 5.32 Å². The van der Waals surface area contributed by atoms with E-state index in [9.17, 15) is 28.8 Å². The van der Waals surface area contributed by atoms with Crippen LogP contribution in [0.1, 0.15) is 59.9 Å². The van der Waals surface area contributed by atoms with E-state index in [1.54, 1.807) is 6.92 Å². The van der Waals surface area contributed by atoms with E-state index >= 15 is 0 Å². The number of hydrogen-bond donors (Lipinski definition) is 2. The summed E-state index contributed by atoms with van der Waals surface area (Å²) in [5.74, 6) is -2.60. The molecular formula is C25H32N2O10. The standard InChI is InChI=1S/C25H32N2O10/c1-25(17(11-23(32)37-5)15(24(33)27-25)7-9-21(30)35-3)12-18-16(10-22(31)36-4)14(19(13-28)26-18)6-8-20(29)34-2/h13,26H,6-12H2,1-5H3,(H,27,33). The van der Waals surface area contributed by atoms with Gasteiger partial charge >= 0.3 is 23.9 Å². The number of nitrogens with one attached hydrogen (secondary N) is 2. The Kier molecular flexibility index (Phi) is 10.2. The van der Waals surface area contributed by atoms with E-state index in [0.717, 1.165) is 0 Å². The normalized spacial score (nSPS) is 16.7. The molecule has 0 spiro atoms. The van der Waals surface area contributed by atoms with Crippen molar-refractivity contribution in [3.8, 4) is 0 Å². The average molecular weight is 521 g/mol. The maximum absolute atomic E-state index is 12.9. The molecule has 1 aromatic rings. The van der Waals surface area contributed by atoms with Gasteiger partial charge in [0, 0.05) is 30.5 Å². The molecule has 0 aliphatic carbocycles. The third-order valence-electron chi connectivity index (χ3n) is 6.39. The number of esters is 4. The Morgan fingerprint density at radius 1 is 0.811 bits per heavy atom. The molecule has 1 atom stereocenters. The third-order valence-corrected chi connectivity index (χ3v) is 6.39. The van der Waals surface area contributed by atoms with Gasteiger partial charge in [-0.3, -0.25) is 28.8 Å². The van der Waals surface area contributed by atoms with E-state index < -0.39 is 35.3 Å². The topological polar surface area (TPSA) is 167 Å². The summed E-state index contributed by atoms with van der Waals surface area (Å²) in [6, 6.07) is 0. The number of rotatable bonds is 13. The Bertz CT molecular complexity index is 1120. The van der Waals surface area contributed by atoms with Gasteiger partial charge in [-0.15, -0.1) is 0 Å². The van der Waals surface area contributed by atoms with Gasteiger partial charge in [0.15, 0.2) is 6.29 Å². The molecule has 1 aliphatic heterocycles. The minimum atomic E-state index is -1.12. The zero-order chi connectivity index (χ0) is 27.8. The van der Waals surface area contributed by atoms with Gasteiger partial charge in [-0.05, 0) is 36.5 Å². The second-order valence-corrected chi connectivity index (χ2v) is 8.67. The van der Waals surface area contributed by atoms with Crippen molar-refractivity contribution in [2.24, 2.45) is 0 Å². The molecule has 0 saturated carbocycles. The van der Waals surface area contributed by atoms with Crippen LogP contribution in [0.15, 0.2) is 11.1 Å². The number of ether oxygens (including phenoxy) is 4. The van der Waals surface area contributed by atoms with Crippen molar-refractivity contribution in [1.29, 1.82) is 0 Å². The van der Waals surface area contributed by atoms with Crippen LogP contribution in [-0.4, -0.2) is 75.0 Å². The van der Waals surface area contributed by atoms with E-state index in [2.05, 4.69) is 15.0 Å². The highest BCUT2D eigenvalue weighted by atomic mass is 16.5. The first-order valence-electron chi connectivity index (χ1n) is 11.5. The summed E-state index contributed by atoms with van der Waals surface area (Å²) in [5.41, 5.74) is 1.11. The Hall–Kier alpha value is -3.96. The highest BCUT2D eigenvalue weighted by Crippen LogP contribution is 2.36. The van der Waals surface area contributed by atoms with Crippen LogP contribution in [-0.2, 0) is 62.2 Å². The van der Waals surface area contributed by atoms with Gasteiger partial charge in [0.05, 0.1) is 52.5 Å². The lowest BCUT2D eigenvalue weighted by Crippen LogP contribution is -2.44. The number of H-pyrrole nitrogens is 1. The molecule has 37 heavy (non-hydrogen) atoms. The van der Waals surface area contributed by atoms with Gasteiger partial charge in [-0.1, -0.05) is 0 Å². The maximum Gasteiger partial charge on any atom is 0.310 e. The van der Waals surface area contributed by atoms with Gasteiger partial charge in [-0.2, -0.15) is 0 Å². The molecule has 0 fully saturated rings. The molecule has 0 radical (unpaired) electrons. The van der Waals surface area contributed by atoms with Crippen LogP contribution in [0.3, 0.4) is 0 Å². The van der Waals surface area contributed by atoms with Crippen LogP contribution in [0, 0.1) is 0 Å². The number of aldehydes is 1. The molecule has 2 N–H and O–H groups in total. The molecule has 12 nitrogen and oxygen atoms in total. The number of aromatic amines is 1. The van der Waals surface area contributed by atoms with Crippen LogP contribution >= 0.6 is 0 Å². The summed E-state index contributed by atoms with van der Waals surface area (Å²) in [7, 11) is 4.94. The third kappa shape index (κ3) is 7.05. The number of carbonyl (C=O) groups excluding carboxylic acids is 6. The van der Waals surface area contributed by atoms with Crippen molar-refractivity contribution in [3.63, 3.8) is 0 Å². The summed E-state index contributed by atoms with van der Waals surface area (Å²) in [5, 5.41) is 2.88. The van der Waals surface area contributed by atoms with Gasteiger partial charge < -0.3 is 29.2 Å². The fourth-order valence-electron chi connectivity index (χ4n) is 4.44. The van der Waals surface area contributed by atoms with Crippen LogP contribution in [0.4, 0.5) is 0 Å². The highest BCUT2D eigenvalue weighted by Gasteiger charge is 2.43. The lowest BCUT2D eigenvalue weighted by molar-refractivity contribution is -0.141. The molecule has 1 aliphatic rings. The molecule has 0 aromatic carbocycles. The van der Waals surface area contributed by atoms with E-state index in [-0.39, 0.29) is 56.2 Å². The first-order chi connectivity index (χ1) is 17.5. The van der Waals surface area contributed by atoms with Gasteiger partial charge in [0.1, 0.15) is 0 Å². The lowest BCUT2D eigenvalue weighted by Gasteiger charge is -2.28. The van der Waals surface area contributed by atoms with Crippen molar-refractivity contribution in [1.82, 2.24) is 10.3 Å². The molecule has 1 amide bonds. The van der Waals surface area contributed by atoms with E-state index in [1.165, 1.54) is 28.4 Å². The number of methoxy groups -OCH3 is 4. The van der Waals surface area contributed by atoms with E-state index in [1.807, 2.05) is 0 Å². The Morgan fingerprint density at radius 3 is 1.89 bits per heavy atom. The van der Waals surface area contributed by atoms with Crippen molar-refractivity contribution in [3.05, 3.63) is 33.7 Å². The quantitative estimate of drug-likeness (QED) is 0.217. The van der Waals surface area contributed by atoms with Gasteiger partial charge in [0.2, 0.25) is 5.91 Å². The molecule has 2 heterocycles. The predicted molar refractivity (Wildman–Crippen MR) is 127 cm³/mol. The first kappa shape index (κ1) is 29.3. The molecule has 0 bridgehead atoms. The lowest BCUT2D eigenvalue weighted by atomic mass is 9.83. The molecule has 2 rings (SSSR count). The van der Waals surface area contributed by atoms with Gasteiger partial charge in [0.25, 0.3) is 0 Å². The second-order valence-electron chi connectivity index (χ2n) is 8.67. The van der Waals surface area contributed by atoms with Crippen molar-refractivity contribution in [2.75, 3.05) is 28.4 Å². The van der Waals surface area contributed by atoms with Crippen molar-refractivity contribution in [2.45, 2.75) is 57.4 Å². The number of carbonyl (C=O) groups is 6. The maximum atomic E-state index is 12.9. The van der Waals surface area contributed by atoms with Crippen LogP contribution in [0.5, 0.6) is 0 Å². The minimum absolute atomic E-state index is 0.0258. The summed E-state index contributed by atoms with van der Waals surface area (Å²) in [6.07, 6.45) is 0.321. The van der Waals surface area contributed by atoms with Crippen LogP contribution in [0.2, 0.25) is 0 Å². The highest BCUT2D eigenvalue weighted by molar-refractivity contribution is 6.00. The smallest absolute Gasteiger partial charge is 0.310 e. The average Bonchev–Trinajstić information content (AvgIpc) is 3.32. The Balaban J connectivity index is 2.57. The SMILES string of the molecule is COC(=O)CCC1=C(CC(=O)OC)C(C)(Cc2[nH]c(C=O)c(CCC(=O)OC)c2CC(=O)OC)NC1=O. The molecule has 202 valence electrons. The fourth-order valence-corrected chi connectivity index (χ4v) is 4.44. The summed E-state index contributed by atoms with van der Waals surface area (Å²) in [4.78, 5) is 75.7. The largest absolute Gasteiger partial charge is 0.469 e. The zero-order valence-electron chi connectivity index (χ0n) is 21.6. The molecule has 1 aromatic heterocycles. The van der Waals surface area contributed by atoms with E-state index in [4.69, 9.17) is 14.2 Å². The minimum Gasteiger partial charge on any atom is -0.469 e. The van der Waals surface area contributed by atoms with Crippen LogP contribution in [0.25, 0.3) is 0 Å². The summed E-state index contributed by atoms with van der Waals surface area (Å²) in [6.45, 7) is 1.70. The summed E-state index contributed by atoms with van der Waals surface area (Å²) < 4.78 is 19.0. The monoisotopic (exact) mass is 520 g/mol. The molecule has 1 unspecified atom stereocenters. The van der Waals surface area contributed by atoms with E-state index in [0.29, 0.717) is 28.7 Å². The molecule has 12 heteroatoms. The number of amides is 1. The number of aromatic nitrogens is 1. The molecular weight excluding hydrogens is 488 g/mol. The zero-order valence-corrected chi connectivity index (χ0v) is 21.6. The Labute approximate surface area is 214 Å². The van der Waals surface area contributed by atoms with Gasteiger partial charge in [-0.25, -0.2) is 0 Å². The predicted octanol–water partition coefficient (Wildman–Crippen LogP) is 0.892. The fraction of sp³-hybridized carbons (Fsp3) is 0.520. The number of hydrogen-bond acceptors (Lipinski definition) is 10.